The maximum atomic E-state index is 12.2. The van der Waals surface area contributed by atoms with E-state index >= 15 is 0 Å². The van der Waals surface area contributed by atoms with E-state index in [4.69, 9.17) is 0 Å². The van der Waals surface area contributed by atoms with Crippen LogP contribution in [0.3, 0.4) is 0 Å². The number of nitrogens with one attached hydrogen (secondary N) is 3. The maximum Gasteiger partial charge on any atom is 0.279 e. The van der Waals surface area contributed by atoms with Gasteiger partial charge in [0.05, 0.1) is 23.9 Å². The van der Waals surface area contributed by atoms with Crippen LogP contribution in [-0.4, -0.2) is 24.4 Å². The summed E-state index contributed by atoms with van der Waals surface area (Å²) in [7, 11) is -3.63. The highest BCUT2D eigenvalue weighted by Gasteiger charge is 2.21. The zero-order chi connectivity index (χ0) is 14.2. The van der Waals surface area contributed by atoms with E-state index in [1.54, 1.807) is 6.07 Å². The Morgan fingerprint density at radius 2 is 2.25 bits per heavy atom. The third-order valence-electron chi connectivity index (χ3n) is 3.40. The van der Waals surface area contributed by atoms with Gasteiger partial charge in [-0.05, 0) is 31.4 Å². The van der Waals surface area contributed by atoms with Gasteiger partial charge in [0, 0.05) is 6.04 Å². The van der Waals surface area contributed by atoms with Crippen molar-refractivity contribution in [2.75, 3.05) is 10.0 Å². The number of hydrogen-bond donors (Lipinski definition) is 3. The topological polar surface area (TPSA) is 86.9 Å². The molecule has 0 fully saturated rings. The van der Waals surface area contributed by atoms with E-state index in [2.05, 4.69) is 26.9 Å². The Balaban J connectivity index is 1.96. The molecule has 7 heteroatoms. The van der Waals surface area contributed by atoms with Crippen molar-refractivity contribution < 1.29 is 8.42 Å². The molecule has 0 saturated carbocycles. The Hall–Kier alpha value is -2.02. The van der Waals surface area contributed by atoms with Crippen LogP contribution < -0.4 is 10.0 Å². The van der Waals surface area contributed by atoms with Gasteiger partial charge in [0.25, 0.3) is 10.0 Å². The van der Waals surface area contributed by atoms with Crippen molar-refractivity contribution in [1.82, 2.24) is 9.97 Å². The minimum atomic E-state index is -3.63. The Labute approximate surface area is 117 Å². The fourth-order valence-electron chi connectivity index (χ4n) is 2.34. The van der Waals surface area contributed by atoms with E-state index in [9.17, 15) is 8.42 Å². The first-order valence-corrected chi connectivity index (χ1v) is 7.94. The number of rotatable bonds is 3. The van der Waals surface area contributed by atoms with Crippen LogP contribution in [-0.2, 0) is 16.4 Å². The number of imidazole rings is 1. The molecule has 2 aromatic rings. The minimum absolute atomic E-state index is 0.0546. The lowest BCUT2D eigenvalue weighted by Crippen LogP contribution is -2.24. The van der Waals surface area contributed by atoms with Crippen LogP contribution in [0.15, 0.2) is 35.7 Å². The van der Waals surface area contributed by atoms with Crippen LogP contribution in [0.1, 0.15) is 18.9 Å². The van der Waals surface area contributed by atoms with E-state index in [1.165, 1.54) is 12.5 Å². The number of hydrogen-bond acceptors (Lipinski definition) is 4. The van der Waals surface area contributed by atoms with E-state index in [1.807, 2.05) is 12.1 Å². The molecule has 1 aliphatic heterocycles. The van der Waals surface area contributed by atoms with Gasteiger partial charge in [0.2, 0.25) is 0 Å². The van der Waals surface area contributed by atoms with Gasteiger partial charge in [-0.2, -0.15) is 8.42 Å². The van der Waals surface area contributed by atoms with Gasteiger partial charge in [0.1, 0.15) is 0 Å². The third kappa shape index (κ3) is 2.36. The average molecular weight is 292 g/mol. The summed E-state index contributed by atoms with van der Waals surface area (Å²) in [5.74, 6) is 0. The molecular formula is C13H16N4O2S. The summed E-state index contributed by atoms with van der Waals surface area (Å²) < 4.78 is 27.0. The first kappa shape index (κ1) is 13.0. The molecule has 3 N–H and O–H groups in total. The van der Waals surface area contributed by atoms with Crippen molar-refractivity contribution in [2.24, 2.45) is 0 Å². The van der Waals surface area contributed by atoms with Crippen LogP contribution >= 0.6 is 0 Å². The largest absolute Gasteiger partial charge is 0.381 e. The van der Waals surface area contributed by atoms with Crippen molar-refractivity contribution in [3.8, 4) is 0 Å². The molecule has 2 heterocycles. The smallest absolute Gasteiger partial charge is 0.279 e. The molecule has 1 aromatic carbocycles. The Morgan fingerprint density at radius 3 is 3.00 bits per heavy atom. The fraction of sp³-hybridized carbons (Fsp3) is 0.308. The van der Waals surface area contributed by atoms with Crippen LogP contribution in [0.25, 0.3) is 0 Å². The van der Waals surface area contributed by atoms with Crippen LogP contribution in [0.2, 0.25) is 0 Å². The molecule has 1 aliphatic rings. The number of aryl methyl sites for hydroxylation is 1. The van der Waals surface area contributed by atoms with E-state index < -0.39 is 10.0 Å². The van der Waals surface area contributed by atoms with Gasteiger partial charge in [0.15, 0.2) is 5.03 Å². The molecular weight excluding hydrogens is 276 g/mol. The predicted octanol–water partition coefficient (Wildman–Crippen LogP) is 1.96. The quantitative estimate of drug-likeness (QED) is 0.807. The molecule has 0 saturated heterocycles. The van der Waals surface area contributed by atoms with E-state index in [-0.39, 0.29) is 5.03 Å². The molecule has 6 nitrogen and oxygen atoms in total. The summed E-state index contributed by atoms with van der Waals surface area (Å²) in [6.45, 7) is 2.09. The molecule has 0 aliphatic carbocycles. The molecule has 1 atom stereocenters. The zero-order valence-corrected chi connectivity index (χ0v) is 11.9. The Kier molecular flexibility index (Phi) is 3.13. The lowest BCUT2D eigenvalue weighted by molar-refractivity contribution is 0.598. The number of sulfonamides is 1. The van der Waals surface area contributed by atoms with Crippen LogP contribution in [0.5, 0.6) is 0 Å². The van der Waals surface area contributed by atoms with Crippen molar-refractivity contribution >= 4 is 21.4 Å². The number of benzene rings is 1. The third-order valence-corrected chi connectivity index (χ3v) is 4.69. The monoisotopic (exact) mass is 292 g/mol. The van der Waals surface area contributed by atoms with Crippen molar-refractivity contribution in [3.05, 3.63) is 36.3 Å². The highest BCUT2D eigenvalue weighted by atomic mass is 32.2. The number of anilines is 2. The lowest BCUT2D eigenvalue weighted by Gasteiger charge is -2.26. The maximum absolute atomic E-state index is 12.2. The van der Waals surface area contributed by atoms with Gasteiger partial charge < -0.3 is 10.3 Å². The van der Waals surface area contributed by atoms with Crippen molar-refractivity contribution in [2.45, 2.75) is 30.8 Å². The molecule has 20 heavy (non-hydrogen) atoms. The van der Waals surface area contributed by atoms with E-state index in [0.717, 1.165) is 24.1 Å². The first-order chi connectivity index (χ1) is 9.56. The highest BCUT2D eigenvalue weighted by Crippen LogP contribution is 2.33. The number of fused-ring (bicyclic) bond motifs is 1. The molecule has 0 spiro atoms. The Morgan fingerprint density at radius 1 is 1.40 bits per heavy atom. The molecule has 0 bridgehead atoms. The molecule has 0 radical (unpaired) electrons. The van der Waals surface area contributed by atoms with Crippen molar-refractivity contribution in [3.63, 3.8) is 0 Å². The molecule has 1 aromatic heterocycles. The number of H-pyrrole nitrogens is 1. The highest BCUT2D eigenvalue weighted by molar-refractivity contribution is 7.92. The summed E-state index contributed by atoms with van der Waals surface area (Å²) in [4.78, 5) is 6.34. The van der Waals surface area contributed by atoms with Gasteiger partial charge in [-0.25, -0.2) is 4.98 Å². The van der Waals surface area contributed by atoms with Crippen LogP contribution in [0.4, 0.5) is 11.4 Å². The number of nitrogens with zero attached hydrogens (tertiary/aromatic N) is 1. The summed E-state index contributed by atoms with van der Waals surface area (Å²) in [5, 5.41) is 3.40. The summed E-state index contributed by atoms with van der Waals surface area (Å²) >= 11 is 0. The summed E-state index contributed by atoms with van der Waals surface area (Å²) in [6.07, 6.45) is 4.62. The minimum Gasteiger partial charge on any atom is -0.381 e. The molecule has 3 rings (SSSR count). The second kappa shape index (κ2) is 4.82. The average Bonchev–Trinajstić information content (AvgIpc) is 2.94. The summed E-state index contributed by atoms with van der Waals surface area (Å²) in [5.41, 5.74) is 2.57. The number of para-hydroxylation sites is 1. The second-order valence-corrected chi connectivity index (χ2v) is 6.60. The molecule has 106 valence electrons. The SMILES string of the molecule is CC1CCc2cccc(NS(=O)(=O)c3cnc[nH]3)c2N1. The lowest BCUT2D eigenvalue weighted by atomic mass is 9.98. The van der Waals surface area contributed by atoms with Gasteiger partial charge in [-0.3, -0.25) is 4.72 Å². The molecule has 1 unspecified atom stereocenters. The second-order valence-electron chi connectivity index (χ2n) is 4.95. The molecule has 0 amide bonds. The van der Waals surface area contributed by atoms with E-state index in [0.29, 0.717) is 11.7 Å². The summed E-state index contributed by atoms with van der Waals surface area (Å²) in [6, 6.07) is 5.97. The zero-order valence-electron chi connectivity index (χ0n) is 11.1. The van der Waals surface area contributed by atoms with Gasteiger partial charge >= 0.3 is 0 Å². The number of aromatic amines is 1. The number of aromatic nitrogens is 2. The predicted molar refractivity (Wildman–Crippen MR) is 77.2 cm³/mol. The first-order valence-electron chi connectivity index (χ1n) is 6.46. The van der Waals surface area contributed by atoms with Gasteiger partial charge in [-0.15, -0.1) is 0 Å². The van der Waals surface area contributed by atoms with Crippen LogP contribution in [0, 0.1) is 0 Å². The standard InChI is InChI=1S/C13H16N4O2S/c1-9-5-6-10-3-2-4-11(13(10)16-9)17-20(18,19)12-7-14-8-15-12/h2-4,7-9,16-17H,5-6H2,1H3,(H,14,15). The Bertz CT molecular complexity index is 710. The normalized spacial score (nSPS) is 18.1. The fourth-order valence-corrected chi connectivity index (χ4v) is 3.32. The van der Waals surface area contributed by atoms with Gasteiger partial charge in [-0.1, -0.05) is 12.1 Å². The van der Waals surface area contributed by atoms with Crippen molar-refractivity contribution in [1.29, 1.82) is 0 Å².